The predicted octanol–water partition coefficient (Wildman–Crippen LogP) is 1.86. The predicted molar refractivity (Wildman–Crippen MR) is 84.6 cm³/mol. The normalized spacial score (nSPS) is 12.6. The molecule has 1 amide bonds. The van der Waals surface area contributed by atoms with Gasteiger partial charge in [-0.25, -0.2) is 0 Å². The second kappa shape index (κ2) is 7.38. The molecule has 0 bridgehead atoms. The van der Waals surface area contributed by atoms with E-state index in [4.69, 9.17) is 4.84 Å². The molecular formula is C17H18N2O3. The van der Waals surface area contributed by atoms with Crippen LogP contribution in [0.5, 0.6) is 0 Å². The molecule has 22 heavy (non-hydrogen) atoms. The topological polar surface area (TPSA) is 70.9 Å². The Morgan fingerprint density at radius 2 is 1.77 bits per heavy atom. The van der Waals surface area contributed by atoms with Crippen LogP contribution in [0.1, 0.15) is 22.8 Å². The number of benzene rings is 2. The molecule has 0 radical (unpaired) electrons. The number of nitrogens with one attached hydrogen (secondary N) is 1. The van der Waals surface area contributed by atoms with E-state index in [0.717, 1.165) is 5.56 Å². The van der Waals surface area contributed by atoms with Gasteiger partial charge in [-0.3, -0.25) is 4.79 Å². The first-order valence-corrected chi connectivity index (χ1v) is 6.84. The number of rotatable bonds is 5. The Bertz CT molecular complexity index is 669. The number of carbonyl (C=O) groups excluding carboxylic acids is 1. The molecule has 0 heterocycles. The van der Waals surface area contributed by atoms with Crippen molar-refractivity contribution in [3.8, 4) is 0 Å². The van der Waals surface area contributed by atoms with E-state index in [0.29, 0.717) is 11.1 Å². The monoisotopic (exact) mass is 298 g/mol. The zero-order valence-corrected chi connectivity index (χ0v) is 12.5. The molecule has 0 aliphatic rings. The number of aliphatic hydroxyl groups is 1. The van der Waals surface area contributed by atoms with Crippen molar-refractivity contribution in [2.24, 2.45) is 5.16 Å². The van der Waals surface area contributed by atoms with Crippen LogP contribution in [0.4, 0.5) is 0 Å². The van der Waals surface area contributed by atoms with Gasteiger partial charge < -0.3 is 15.3 Å². The van der Waals surface area contributed by atoms with Crippen molar-refractivity contribution in [3.05, 3.63) is 71.3 Å². The van der Waals surface area contributed by atoms with Gasteiger partial charge in [0.05, 0.1) is 0 Å². The molecule has 2 N–H and O–H groups in total. The molecule has 0 fully saturated rings. The average molecular weight is 298 g/mol. The average Bonchev–Trinajstić information content (AvgIpc) is 2.59. The zero-order chi connectivity index (χ0) is 15.9. The van der Waals surface area contributed by atoms with Crippen LogP contribution in [0.3, 0.4) is 0 Å². The van der Waals surface area contributed by atoms with Crippen molar-refractivity contribution in [2.45, 2.75) is 6.10 Å². The Kier molecular flexibility index (Phi) is 5.27. The summed E-state index contributed by atoms with van der Waals surface area (Å²) in [4.78, 5) is 16.8. The van der Waals surface area contributed by atoms with Gasteiger partial charge >= 0.3 is 0 Å². The fourth-order valence-corrected chi connectivity index (χ4v) is 2.19. The highest BCUT2D eigenvalue weighted by atomic mass is 16.6. The first-order valence-electron chi connectivity index (χ1n) is 6.84. The van der Waals surface area contributed by atoms with Crippen LogP contribution in [-0.2, 0) is 9.63 Å². The fourth-order valence-electron chi connectivity index (χ4n) is 2.19. The Labute approximate surface area is 129 Å². The van der Waals surface area contributed by atoms with Gasteiger partial charge in [-0.1, -0.05) is 59.8 Å². The summed E-state index contributed by atoms with van der Waals surface area (Å²) in [5, 5.41) is 16.9. The van der Waals surface area contributed by atoms with Crippen molar-refractivity contribution >= 4 is 11.6 Å². The lowest BCUT2D eigenvalue weighted by Crippen LogP contribution is -2.29. The van der Waals surface area contributed by atoms with Crippen LogP contribution in [-0.4, -0.2) is 30.9 Å². The molecule has 5 heteroatoms. The molecule has 1 unspecified atom stereocenters. The molecule has 114 valence electrons. The Balaban J connectivity index is 2.50. The minimum absolute atomic E-state index is 0.121. The summed E-state index contributed by atoms with van der Waals surface area (Å²) >= 11 is 0. The highest BCUT2D eigenvalue weighted by Crippen LogP contribution is 2.25. The van der Waals surface area contributed by atoms with Crippen LogP contribution in [0.2, 0.25) is 0 Å². The molecule has 2 rings (SSSR count). The van der Waals surface area contributed by atoms with Crippen molar-refractivity contribution in [1.82, 2.24) is 5.32 Å². The van der Waals surface area contributed by atoms with Gasteiger partial charge in [0.2, 0.25) is 0 Å². The van der Waals surface area contributed by atoms with Crippen LogP contribution in [0.15, 0.2) is 59.8 Å². The number of hydrogen-bond donors (Lipinski definition) is 2. The van der Waals surface area contributed by atoms with Gasteiger partial charge in [-0.2, -0.15) is 0 Å². The van der Waals surface area contributed by atoms with E-state index >= 15 is 0 Å². The maximum atomic E-state index is 12.0. The zero-order valence-electron chi connectivity index (χ0n) is 12.5. The number of amides is 1. The van der Waals surface area contributed by atoms with E-state index in [1.165, 1.54) is 14.2 Å². The van der Waals surface area contributed by atoms with Crippen molar-refractivity contribution in [2.75, 3.05) is 14.2 Å². The minimum atomic E-state index is -0.857. The lowest BCUT2D eigenvalue weighted by Gasteiger charge is -2.16. The molecule has 0 aromatic heterocycles. The maximum Gasteiger partial charge on any atom is 0.273 e. The minimum Gasteiger partial charge on any atom is -0.398 e. The summed E-state index contributed by atoms with van der Waals surface area (Å²) in [6, 6.07) is 16.3. The number of nitrogens with zero attached hydrogens (tertiary/aromatic N) is 1. The fraction of sp³-hybridized carbons (Fsp3) is 0.176. The molecule has 5 nitrogen and oxygen atoms in total. The smallest absolute Gasteiger partial charge is 0.273 e. The summed E-state index contributed by atoms with van der Waals surface area (Å²) in [6.45, 7) is 0. The standard InChI is InChI=1S/C17H18N2O3/c1-18-17(21)15(19-22-2)13-10-6-7-11-14(13)16(20)12-8-4-3-5-9-12/h3-11,16,20H,1-2H3,(H,18,21)/b19-15-. The van der Waals surface area contributed by atoms with Crippen molar-refractivity contribution in [1.29, 1.82) is 0 Å². The van der Waals surface area contributed by atoms with Crippen LogP contribution >= 0.6 is 0 Å². The second-order valence-electron chi connectivity index (χ2n) is 4.60. The molecule has 0 saturated carbocycles. The van der Waals surface area contributed by atoms with Crippen LogP contribution in [0, 0.1) is 0 Å². The molecule has 0 aliphatic heterocycles. The number of hydrogen-bond acceptors (Lipinski definition) is 4. The van der Waals surface area contributed by atoms with E-state index in [-0.39, 0.29) is 11.6 Å². The van der Waals surface area contributed by atoms with Gasteiger partial charge in [0.15, 0.2) is 5.71 Å². The van der Waals surface area contributed by atoms with Gasteiger partial charge in [-0.05, 0) is 11.1 Å². The quantitative estimate of drug-likeness (QED) is 0.654. The summed E-state index contributed by atoms with van der Waals surface area (Å²) in [5.41, 5.74) is 1.98. The Hall–Kier alpha value is -2.66. The van der Waals surface area contributed by atoms with E-state index in [1.807, 2.05) is 30.3 Å². The van der Waals surface area contributed by atoms with Gasteiger partial charge in [0.25, 0.3) is 5.91 Å². The summed E-state index contributed by atoms with van der Waals surface area (Å²) in [6.07, 6.45) is -0.857. The third-order valence-electron chi connectivity index (χ3n) is 3.25. The molecule has 0 aliphatic carbocycles. The van der Waals surface area contributed by atoms with Crippen LogP contribution in [0.25, 0.3) is 0 Å². The number of likely N-dealkylation sites (N-methyl/N-ethyl adjacent to an activating group) is 1. The molecule has 0 saturated heterocycles. The van der Waals surface area contributed by atoms with Crippen molar-refractivity contribution in [3.63, 3.8) is 0 Å². The lowest BCUT2D eigenvalue weighted by atomic mass is 9.94. The molecular weight excluding hydrogens is 280 g/mol. The van der Waals surface area contributed by atoms with E-state index in [9.17, 15) is 9.90 Å². The number of oxime groups is 1. The molecule has 1 atom stereocenters. The third kappa shape index (κ3) is 3.32. The first kappa shape index (κ1) is 15.7. The van der Waals surface area contributed by atoms with E-state index < -0.39 is 6.10 Å². The molecule has 0 spiro atoms. The third-order valence-corrected chi connectivity index (χ3v) is 3.25. The maximum absolute atomic E-state index is 12.0. The van der Waals surface area contributed by atoms with Crippen LogP contribution < -0.4 is 5.32 Å². The highest BCUT2D eigenvalue weighted by Gasteiger charge is 2.21. The SMILES string of the molecule is CNC(=O)/C(=N\OC)c1ccccc1C(O)c1ccccc1. The molecule has 2 aromatic rings. The highest BCUT2D eigenvalue weighted by molar-refractivity contribution is 6.45. The first-order chi connectivity index (χ1) is 10.7. The van der Waals surface area contributed by atoms with E-state index in [1.54, 1.807) is 24.3 Å². The molecule has 2 aromatic carbocycles. The Morgan fingerprint density at radius 3 is 2.41 bits per heavy atom. The number of aliphatic hydroxyl groups excluding tert-OH is 1. The van der Waals surface area contributed by atoms with Gasteiger partial charge in [0.1, 0.15) is 13.2 Å². The lowest BCUT2D eigenvalue weighted by molar-refractivity contribution is -0.114. The largest absolute Gasteiger partial charge is 0.398 e. The van der Waals surface area contributed by atoms with Crippen molar-refractivity contribution < 1.29 is 14.7 Å². The summed E-state index contributed by atoms with van der Waals surface area (Å²) in [7, 11) is 2.89. The summed E-state index contributed by atoms with van der Waals surface area (Å²) in [5.74, 6) is -0.380. The van der Waals surface area contributed by atoms with Gasteiger partial charge in [-0.15, -0.1) is 0 Å². The number of carbonyl (C=O) groups is 1. The van der Waals surface area contributed by atoms with E-state index in [2.05, 4.69) is 10.5 Å². The summed E-state index contributed by atoms with van der Waals surface area (Å²) < 4.78 is 0. The Morgan fingerprint density at radius 1 is 1.14 bits per heavy atom. The second-order valence-corrected chi connectivity index (χ2v) is 4.60. The van der Waals surface area contributed by atoms with Gasteiger partial charge in [0, 0.05) is 12.6 Å².